The zero-order chi connectivity index (χ0) is 27.6. The number of aliphatic hydroxyl groups excluding tert-OH is 1. The van der Waals surface area contributed by atoms with Crippen LogP contribution in [-0.2, 0) is 36.4 Å². The lowest BCUT2D eigenvalue weighted by atomic mass is 9.96. The molecule has 0 aliphatic carbocycles. The second kappa shape index (κ2) is 9.36. The largest absolute Gasteiger partial charge is 0.490 e. The Labute approximate surface area is 204 Å². The van der Waals surface area contributed by atoms with Gasteiger partial charge in [0.15, 0.2) is 11.9 Å². The Kier molecular flexibility index (Phi) is 7.10. The third-order valence-corrected chi connectivity index (χ3v) is 8.96. The summed E-state index contributed by atoms with van der Waals surface area (Å²) in [5.41, 5.74) is -2.02. The van der Waals surface area contributed by atoms with Crippen LogP contribution in [0.3, 0.4) is 0 Å². The predicted octanol–water partition coefficient (Wildman–Crippen LogP) is -0.112. The third kappa shape index (κ3) is 5.89. The molecule has 1 saturated heterocycles. The fraction of sp³-hybridized carbons (Fsp3) is 0.400. The first-order chi connectivity index (χ1) is 16.9. The van der Waals surface area contributed by atoms with E-state index in [9.17, 15) is 42.9 Å². The van der Waals surface area contributed by atoms with E-state index >= 15 is 0 Å². The topological polar surface area (TPSA) is 269 Å². The number of aliphatic hydroxyl groups is 2. The summed E-state index contributed by atoms with van der Waals surface area (Å²) in [5, 5.41) is 24.1. The van der Waals surface area contributed by atoms with Crippen LogP contribution in [0.25, 0.3) is 17.1 Å². The first-order valence-corrected chi connectivity index (χ1v) is 14.3. The van der Waals surface area contributed by atoms with Crippen molar-refractivity contribution in [3.63, 3.8) is 0 Å². The highest BCUT2D eigenvalue weighted by Crippen LogP contribution is 2.66. The van der Waals surface area contributed by atoms with Crippen molar-refractivity contribution in [3.05, 3.63) is 23.9 Å². The average molecular weight is 590 g/mol. The molecule has 2 aromatic rings. The molecule has 4 rings (SSSR count). The van der Waals surface area contributed by atoms with Gasteiger partial charge in [-0.1, -0.05) is 0 Å². The van der Waals surface area contributed by atoms with Gasteiger partial charge in [-0.25, -0.2) is 13.7 Å². The number of ether oxygens (including phenoxy) is 1. The van der Waals surface area contributed by atoms with E-state index in [1.165, 1.54) is 12.3 Å². The normalized spacial score (nSPS) is 29.1. The molecule has 2 aliphatic heterocycles. The van der Waals surface area contributed by atoms with E-state index in [2.05, 4.69) is 28.4 Å². The fourth-order valence-electron chi connectivity index (χ4n) is 3.72. The highest BCUT2D eigenvalue weighted by molar-refractivity contribution is 7.66. The van der Waals surface area contributed by atoms with Crippen molar-refractivity contribution < 1.29 is 70.5 Å². The molecule has 2 aliphatic rings. The van der Waals surface area contributed by atoms with Gasteiger partial charge < -0.3 is 44.4 Å². The minimum atomic E-state index is -5.78. The molecular weight excluding hydrogens is 572 g/mol. The number of phosphoric ester groups is 1. The van der Waals surface area contributed by atoms with E-state index in [-0.39, 0.29) is 16.9 Å². The van der Waals surface area contributed by atoms with Crippen molar-refractivity contribution in [2.45, 2.75) is 31.0 Å². The van der Waals surface area contributed by atoms with E-state index in [4.69, 9.17) is 14.5 Å². The Morgan fingerprint density at radius 1 is 1.16 bits per heavy atom. The van der Waals surface area contributed by atoms with Crippen LogP contribution in [0.2, 0.25) is 0 Å². The Morgan fingerprint density at radius 2 is 1.84 bits per heavy atom. The lowest BCUT2D eigenvalue weighted by Gasteiger charge is -2.27. The van der Waals surface area contributed by atoms with Crippen molar-refractivity contribution in [3.8, 4) is 0 Å². The third-order valence-electron chi connectivity index (χ3n) is 5.16. The summed E-state index contributed by atoms with van der Waals surface area (Å²) in [7, 11) is -16.9. The number of carbonyl (C=O) groups is 1. The van der Waals surface area contributed by atoms with E-state index < -0.39 is 66.1 Å². The molecule has 2 aromatic heterocycles. The quantitative estimate of drug-likeness (QED) is 0.156. The predicted molar refractivity (Wildman–Crippen MR) is 116 cm³/mol. The molecule has 7 N–H and O–H groups in total. The van der Waals surface area contributed by atoms with Gasteiger partial charge in [0.2, 0.25) is 5.91 Å². The summed E-state index contributed by atoms with van der Waals surface area (Å²) < 4.78 is 66.7. The molecule has 0 aromatic carbocycles. The first-order valence-electron chi connectivity index (χ1n) is 9.80. The second-order valence-electron chi connectivity index (χ2n) is 7.94. The van der Waals surface area contributed by atoms with Crippen LogP contribution in [0, 0.1) is 6.08 Å². The van der Waals surface area contributed by atoms with E-state index in [0.29, 0.717) is 5.56 Å². The molecule has 1 amide bonds. The highest BCUT2D eigenvalue weighted by atomic mass is 31.3. The minimum absolute atomic E-state index is 0.157. The maximum Gasteiger partial charge on any atom is 0.490 e. The van der Waals surface area contributed by atoms with Crippen LogP contribution in [0.1, 0.15) is 18.7 Å². The summed E-state index contributed by atoms with van der Waals surface area (Å²) in [6.45, 7) is 0.0503. The van der Waals surface area contributed by atoms with Crippen molar-refractivity contribution in [2.75, 3.05) is 11.9 Å². The van der Waals surface area contributed by atoms with Crippen LogP contribution in [-0.4, -0.2) is 74.6 Å². The van der Waals surface area contributed by atoms with Gasteiger partial charge in [-0.2, -0.15) is 23.0 Å². The number of nitrogens with one attached hydrogen (secondary N) is 1. The molecule has 0 spiro atoms. The van der Waals surface area contributed by atoms with Crippen LogP contribution in [0.4, 0.5) is 10.2 Å². The number of halogens is 1. The summed E-state index contributed by atoms with van der Waals surface area (Å²) in [6, 6.07) is 0. The summed E-state index contributed by atoms with van der Waals surface area (Å²) in [6.07, 6.45) is -2.42. The molecule has 0 saturated carbocycles. The molecule has 1 fully saturated rings. The van der Waals surface area contributed by atoms with Crippen molar-refractivity contribution >= 4 is 52.3 Å². The van der Waals surface area contributed by atoms with Crippen molar-refractivity contribution in [2.24, 2.45) is 0 Å². The molecule has 204 valence electrons. The number of rotatable bonds is 8. The smallest absolute Gasteiger partial charge is 0.387 e. The number of phosphoric acid groups is 3. The lowest BCUT2D eigenvalue weighted by molar-refractivity contribution is -0.111. The monoisotopic (exact) mass is 590 g/mol. The minimum Gasteiger partial charge on any atom is -0.387 e. The number of amides is 1. The SMILES string of the molecule is C[C@]1(O)C(n2cc3c4c(nc(F)nc42)NC(=O)C=C3)O[C@H](COP(=O)(O)OP(=O)(O)OP(=O)(O)O)[C@H]1O. The van der Waals surface area contributed by atoms with Gasteiger partial charge >= 0.3 is 29.5 Å². The van der Waals surface area contributed by atoms with Crippen molar-refractivity contribution in [1.29, 1.82) is 0 Å². The number of hydrogen-bond acceptors (Lipinski definition) is 12. The van der Waals surface area contributed by atoms with Crippen LogP contribution >= 0.6 is 23.5 Å². The van der Waals surface area contributed by atoms with Gasteiger partial charge in [-0.05, 0) is 13.0 Å². The Balaban J connectivity index is 1.58. The van der Waals surface area contributed by atoms with Gasteiger partial charge in [0.1, 0.15) is 23.6 Å². The van der Waals surface area contributed by atoms with E-state index in [1.54, 1.807) is 0 Å². The number of hydrogen-bond donors (Lipinski definition) is 7. The second-order valence-corrected chi connectivity index (χ2v) is 12.4. The molecule has 4 heterocycles. The number of anilines is 1. The van der Waals surface area contributed by atoms with E-state index in [1.807, 2.05) is 0 Å². The molecule has 3 unspecified atom stereocenters. The molecule has 6 atom stereocenters. The van der Waals surface area contributed by atoms with Gasteiger partial charge in [0.05, 0.1) is 12.0 Å². The first kappa shape index (κ1) is 28.1. The molecule has 37 heavy (non-hydrogen) atoms. The van der Waals surface area contributed by atoms with Crippen molar-refractivity contribution in [1.82, 2.24) is 14.5 Å². The zero-order valence-corrected chi connectivity index (χ0v) is 20.9. The van der Waals surface area contributed by atoms with Gasteiger partial charge in [0, 0.05) is 17.8 Å². The Bertz CT molecular complexity index is 1440. The van der Waals surface area contributed by atoms with Crippen LogP contribution in [0.15, 0.2) is 12.3 Å². The Hall–Kier alpha value is -1.95. The highest BCUT2D eigenvalue weighted by Gasteiger charge is 2.54. The van der Waals surface area contributed by atoms with Gasteiger partial charge in [-0.15, -0.1) is 0 Å². The van der Waals surface area contributed by atoms with Gasteiger partial charge in [-0.3, -0.25) is 9.32 Å². The fourth-order valence-corrected chi connectivity index (χ4v) is 6.75. The number of carbonyl (C=O) groups excluding carboxylic acids is 1. The molecule has 0 bridgehead atoms. The summed E-state index contributed by atoms with van der Waals surface area (Å²) in [4.78, 5) is 55.0. The summed E-state index contributed by atoms with van der Waals surface area (Å²) in [5.74, 6) is -0.762. The number of aromatic nitrogens is 3. The average Bonchev–Trinajstić information content (AvgIpc) is 3.10. The molecule has 18 nitrogen and oxygen atoms in total. The Morgan fingerprint density at radius 3 is 2.49 bits per heavy atom. The van der Waals surface area contributed by atoms with E-state index in [0.717, 1.165) is 17.6 Å². The number of nitrogens with zero attached hydrogens (tertiary/aromatic N) is 3. The molecule has 0 radical (unpaired) electrons. The van der Waals surface area contributed by atoms with Gasteiger partial charge in [0.25, 0.3) is 0 Å². The summed E-state index contributed by atoms with van der Waals surface area (Å²) >= 11 is 0. The van der Waals surface area contributed by atoms with Crippen LogP contribution in [0.5, 0.6) is 0 Å². The lowest BCUT2D eigenvalue weighted by Crippen LogP contribution is -2.44. The van der Waals surface area contributed by atoms with Crippen LogP contribution < -0.4 is 5.32 Å². The molecule has 22 heteroatoms. The molecular formula is C15H18FN4O14P3. The maximum absolute atomic E-state index is 14.1. The standard InChI is InChI=1S/C15H18FN4O14P3/c1-15(23)10(22)7(5-31-36(27,28)34-37(29,30)33-35(24,25)26)32-13(15)20-4-6-2-3-8(21)17-11-9(6)12(20)19-14(16)18-11/h2-4,7,10,13,22-23H,5H2,1H3,(H,27,28)(H,29,30)(H2,24,25,26)(H,17,18,19,21)/t7-,10-,13?,15-/m1/s1. The zero-order valence-electron chi connectivity index (χ0n) is 18.2. The maximum atomic E-state index is 14.1.